The van der Waals surface area contributed by atoms with Crippen LogP contribution in [0, 0.1) is 11.6 Å². The lowest BCUT2D eigenvalue weighted by Gasteiger charge is -2.33. The SMILES string of the molecule is Cl.O=C(O)c1ccc2c(c1)CCCC(c1ccc(Cl)cc1Cl)=C2c1ccc(C=C2CN(CCCF)C2)c(F)c1F. The molecule has 9 heteroatoms. The Morgan fingerprint density at radius 1 is 0.950 bits per heavy atom. The van der Waals surface area contributed by atoms with Gasteiger partial charge in [0.2, 0.25) is 0 Å². The van der Waals surface area contributed by atoms with E-state index in [1.165, 1.54) is 6.07 Å². The first-order valence-electron chi connectivity index (χ1n) is 12.8. The number of carboxylic acid groups (broad SMARTS) is 1. The molecule has 0 amide bonds. The third-order valence-electron chi connectivity index (χ3n) is 7.25. The molecule has 1 aliphatic carbocycles. The monoisotopic (exact) mass is 607 g/mol. The maximum atomic E-state index is 15.9. The first-order chi connectivity index (χ1) is 18.8. The number of carboxylic acids is 1. The van der Waals surface area contributed by atoms with E-state index < -0.39 is 17.6 Å². The fraction of sp³-hybridized carbons (Fsp3) is 0.258. The molecule has 3 aromatic carbocycles. The van der Waals surface area contributed by atoms with Gasteiger partial charge >= 0.3 is 5.97 Å². The fourth-order valence-electron chi connectivity index (χ4n) is 5.38. The van der Waals surface area contributed by atoms with Gasteiger partial charge in [-0.25, -0.2) is 13.6 Å². The van der Waals surface area contributed by atoms with Crippen molar-refractivity contribution in [3.8, 4) is 0 Å². The van der Waals surface area contributed by atoms with Gasteiger partial charge < -0.3 is 5.11 Å². The molecule has 0 unspecified atom stereocenters. The van der Waals surface area contributed by atoms with Crippen molar-refractivity contribution < 1.29 is 23.1 Å². The van der Waals surface area contributed by atoms with E-state index in [1.54, 1.807) is 48.5 Å². The molecule has 1 N–H and O–H groups in total. The van der Waals surface area contributed by atoms with Crippen LogP contribution in [-0.2, 0) is 6.42 Å². The van der Waals surface area contributed by atoms with E-state index in [4.69, 9.17) is 23.2 Å². The van der Waals surface area contributed by atoms with Crippen molar-refractivity contribution in [1.82, 2.24) is 4.90 Å². The fourth-order valence-corrected chi connectivity index (χ4v) is 5.90. The summed E-state index contributed by atoms with van der Waals surface area (Å²) < 4.78 is 43.9. The maximum Gasteiger partial charge on any atom is 0.335 e. The molecule has 0 bridgehead atoms. The highest BCUT2D eigenvalue weighted by atomic mass is 35.5. The first-order valence-corrected chi connectivity index (χ1v) is 13.5. The number of benzene rings is 3. The molecule has 210 valence electrons. The van der Waals surface area contributed by atoms with Crippen LogP contribution >= 0.6 is 35.6 Å². The van der Waals surface area contributed by atoms with E-state index in [2.05, 4.69) is 4.90 Å². The van der Waals surface area contributed by atoms with E-state index in [9.17, 15) is 14.3 Å². The molecular weight excluding hydrogens is 582 g/mol. The summed E-state index contributed by atoms with van der Waals surface area (Å²) in [4.78, 5) is 13.7. The topological polar surface area (TPSA) is 40.5 Å². The summed E-state index contributed by atoms with van der Waals surface area (Å²) in [6, 6.07) is 13.0. The highest BCUT2D eigenvalue weighted by molar-refractivity contribution is 6.36. The minimum Gasteiger partial charge on any atom is -0.478 e. The molecule has 0 aromatic heterocycles. The van der Waals surface area contributed by atoms with E-state index in [0.717, 1.165) is 16.7 Å². The zero-order valence-electron chi connectivity index (χ0n) is 21.5. The molecule has 0 atom stereocenters. The summed E-state index contributed by atoms with van der Waals surface area (Å²) >= 11 is 12.7. The smallest absolute Gasteiger partial charge is 0.335 e. The van der Waals surface area contributed by atoms with E-state index >= 15 is 8.78 Å². The van der Waals surface area contributed by atoms with E-state index in [0.29, 0.717) is 72.1 Å². The Morgan fingerprint density at radius 3 is 2.38 bits per heavy atom. The predicted molar refractivity (Wildman–Crippen MR) is 157 cm³/mol. The highest BCUT2D eigenvalue weighted by Crippen LogP contribution is 2.43. The number of allylic oxidation sites excluding steroid dienone is 1. The minimum absolute atomic E-state index is 0. The van der Waals surface area contributed by atoms with E-state index in [1.807, 2.05) is 0 Å². The summed E-state index contributed by atoms with van der Waals surface area (Å²) in [7, 11) is 0. The third-order valence-corrected chi connectivity index (χ3v) is 7.80. The van der Waals surface area contributed by atoms with Crippen molar-refractivity contribution in [2.45, 2.75) is 25.7 Å². The average molecular weight is 609 g/mol. The van der Waals surface area contributed by atoms with Crippen molar-refractivity contribution in [2.75, 3.05) is 26.3 Å². The second-order valence-corrected chi connectivity index (χ2v) is 10.7. The first kappa shape index (κ1) is 30.2. The molecule has 40 heavy (non-hydrogen) atoms. The molecule has 0 radical (unpaired) electrons. The Morgan fingerprint density at radius 2 is 1.68 bits per heavy atom. The van der Waals surface area contributed by atoms with Crippen LogP contribution in [0.25, 0.3) is 17.2 Å². The van der Waals surface area contributed by atoms with Gasteiger partial charge in [0.15, 0.2) is 11.6 Å². The van der Waals surface area contributed by atoms with Gasteiger partial charge in [0.1, 0.15) is 0 Å². The van der Waals surface area contributed by atoms with Gasteiger partial charge in [-0.15, -0.1) is 12.4 Å². The number of fused-ring (bicyclic) bond motifs is 1. The van der Waals surface area contributed by atoms with Crippen LogP contribution in [0.5, 0.6) is 0 Å². The second kappa shape index (κ2) is 12.8. The van der Waals surface area contributed by atoms with Gasteiger partial charge in [0.05, 0.1) is 12.2 Å². The number of aryl methyl sites for hydroxylation is 1. The van der Waals surface area contributed by atoms with Crippen molar-refractivity contribution in [3.05, 3.63) is 109 Å². The van der Waals surface area contributed by atoms with Crippen LogP contribution in [0.4, 0.5) is 13.2 Å². The van der Waals surface area contributed by atoms with Crippen molar-refractivity contribution in [1.29, 1.82) is 0 Å². The predicted octanol–water partition coefficient (Wildman–Crippen LogP) is 8.75. The van der Waals surface area contributed by atoms with Crippen molar-refractivity contribution >= 4 is 58.8 Å². The van der Waals surface area contributed by atoms with Crippen LogP contribution in [-0.4, -0.2) is 42.3 Å². The number of nitrogens with zero attached hydrogens (tertiary/aromatic N) is 1. The zero-order valence-corrected chi connectivity index (χ0v) is 23.8. The lowest BCUT2D eigenvalue weighted by Crippen LogP contribution is -2.40. The third kappa shape index (κ3) is 6.10. The minimum atomic E-state index is -1.05. The van der Waals surface area contributed by atoms with Crippen LogP contribution in [0.1, 0.15) is 57.4 Å². The Labute approximate surface area is 247 Å². The van der Waals surface area contributed by atoms with Gasteiger partial charge in [-0.3, -0.25) is 9.29 Å². The number of halogens is 6. The summed E-state index contributed by atoms with van der Waals surface area (Å²) in [5, 5.41) is 10.4. The van der Waals surface area contributed by atoms with Crippen molar-refractivity contribution in [2.24, 2.45) is 0 Å². The average Bonchev–Trinajstić information content (AvgIpc) is 3.07. The molecule has 1 aliphatic heterocycles. The Bertz CT molecular complexity index is 1510. The van der Waals surface area contributed by atoms with Gasteiger partial charge in [0.25, 0.3) is 0 Å². The highest BCUT2D eigenvalue weighted by Gasteiger charge is 2.27. The summed E-state index contributed by atoms with van der Waals surface area (Å²) in [6.45, 7) is 1.46. The quantitative estimate of drug-likeness (QED) is 0.292. The lowest BCUT2D eigenvalue weighted by molar-refractivity contribution is 0.0696. The van der Waals surface area contributed by atoms with Crippen LogP contribution < -0.4 is 0 Å². The molecule has 5 rings (SSSR count). The van der Waals surface area contributed by atoms with Crippen LogP contribution in [0.3, 0.4) is 0 Å². The number of carbonyl (C=O) groups is 1. The van der Waals surface area contributed by atoms with Crippen LogP contribution in [0.2, 0.25) is 10.0 Å². The standard InChI is InChI=1S/C31H26Cl2F3NO2.ClH/c32-22-7-10-24(27(33)15-22)25-4-1-3-19-14-21(31(38)39)6-8-23(19)28(25)26-9-5-20(29(35)30(26)36)13-18-16-37(17-18)12-2-11-34;/h5-10,13-15H,1-4,11-12,16-17H2,(H,38,39);1H. The number of hydrogen-bond acceptors (Lipinski definition) is 2. The number of aromatic carboxylic acids is 1. The normalized spacial score (nSPS) is 15.2. The van der Waals surface area contributed by atoms with Gasteiger partial charge in [0, 0.05) is 40.8 Å². The molecular formula is C31H27Cl3F3NO2. The second-order valence-electron chi connectivity index (χ2n) is 9.89. The summed E-state index contributed by atoms with van der Waals surface area (Å²) in [5.74, 6) is -2.99. The summed E-state index contributed by atoms with van der Waals surface area (Å²) in [5.41, 5.74) is 4.61. The van der Waals surface area contributed by atoms with Gasteiger partial charge in [-0.1, -0.05) is 53.5 Å². The number of alkyl halides is 1. The van der Waals surface area contributed by atoms with Crippen molar-refractivity contribution in [3.63, 3.8) is 0 Å². The molecule has 1 fully saturated rings. The number of likely N-dealkylation sites (tertiary alicyclic amines) is 1. The van der Waals surface area contributed by atoms with Gasteiger partial charge in [-0.05, 0) is 83.4 Å². The summed E-state index contributed by atoms with van der Waals surface area (Å²) in [6.07, 6.45) is 3.87. The Balaban J connectivity index is 0.00000370. The molecule has 3 nitrogen and oxygen atoms in total. The molecule has 0 saturated carbocycles. The lowest BCUT2D eigenvalue weighted by atomic mass is 9.86. The van der Waals surface area contributed by atoms with Gasteiger partial charge in [-0.2, -0.15) is 0 Å². The number of rotatable bonds is 7. The number of hydrogen-bond donors (Lipinski definition) is 1. The molecule has 1 saturated heterocycles. The van der Waals surface area contributed by atoms with E-state index in [-0.39, 0.29) is 35.8 Å². The maximum absolute atomic E-state index is 15.9. The molecule has 2 aliphatic rings. The Hall–Kier alpha value is -2.77. The molecule has 0 spiro atoms. The molecule has 1 heterocycles. The largest absolute Gasteiger partial charge is 0.478 e. The van der Waals surface area contributed by atoms with Crippen LogP contribution in [0.15, 0.2) is 54.1 Å². The Kier molecular flexibility index (Phi) is 9.68. The molecule has 3 aromatic rings. The zero-order chi connectivity index (χ0) is 27.7.